The summed E-state index contributed by atoms with van der Waals surface area (Å²) in [4.78, 5) is 20.0. The van der Waals surface area contributed by atoms with Crippen LogP contribution in [-0.2, 0) is 4.79 Å². The minimum Gasteiger partial charge on any atom is -0.550 e. The molecule has 0 atom stereocenters. The summed E-state index contributed by atoms with van der Waals surface area (Å²) in [7, 11) is 2.18. The number of carboxylic acid groups (broad SMARTS) is 1. The Morgan fingerprint density at radius 2 is 1.88 bits per heavy atom. The summed E-state index contributed by atoms with van der Waals surface area (Å²) in [6.07, 6.45) is 0. The molecule has 2 aromatic rings. The van der Waals surface area contributed by atoms with Crippen LogP contribution in [0.4, 0.5) is 16.4 Å². The summed E-state index contributed by atoms with van der Waals surface area (Å²) < 4.78 is 0. The van der Waals surface area contributed by atoms with Crippen LogP contribution in [0, 0.1) is 6.92 Å². The van der Waals surface area contributed by atoms with E-state index < -0.39 is 5.97 Å². The third kappa shape index (κ3) is 4.23. The molecule has 1 saturated heterocycles. The number of anilines is 2. The molecule has 2 aliphatic rings. The number of likely N-dealkylation sites (N-methyl/N-ethyl adjacent to an activating group) is 1. The second-order valence-corrected chi connectivity index (χ2v) is 7.72. The molecule has 1 aromatic heterocycles. The number of amidine groups is 1. The summed E-state index contributed by atoms with van der Waals surface area (Å²) in [5.41, 5.74) is 3.36. The van der Waals surface area contributed by atoms with E-state index in [-0.39, 0.29) is 0 Å². The van der Waals surface area contributed by atoms with Crippen molar-refractivity contribution in [3.05, 3.63) is 40.8 Å². The number of fused-ring (bicyclic) bond motifs is 2. The lowest BCUT2D eigenvalue weighted by molar-refractivity contribution is -0.302. The van der Waals surface area contributed by atoms with E-state index in [1.54, 1.807) is 11.3 Å². The Morgan fingerprint density at radius 1 is 1.23 bits per heavy atom. The Hall–Kier alpha value is -2.38. The number of carbonyl (C=O) groups is 1. The number of piperazine rings is 1. The van der Waals surface area contributed by atoms with Gasteiger partial charge in [-0.15, -0.1) is 11.3 Å². The lowest BCUT2D eigenvalue weighted by Crippen LogP contribution is -2.47. The van der Waals surface area contributed by atoms with E-state index in [0.717, 1.165) is 50.3 Å². The Morgan fingerprint density at radius 3 is 2.58 bits per heavy atom. The van der Waals surface area contributed by atoms with Gasteiger partial charge in [-0.25, -0.2) is 4.99 Å². The predicted octanol–water partition coefficient (Wildman–Crippen LogP) is 2.20. The number of aliphatic carboxylic acids is 1. The largest absolute Gasteiger partial charge is 0.550 e. The molecule has 138 valence electrons. The molecule has 7 heteroatoms. The van der Waals surface area contributed by atoms with Crippen LogP contribution < -0.4 is 10.4 Å². The molecule has 1 aromatic carbocycles. The van der Waals surface area contributed by atoms with Crippen molar-refractivity contribution in [3.63, 3.8) is 0 Å². The maximum atomic E-state index is 8.89. The van der Waals surface area contributed by atoms with Gasteiger partial charge in [-0.2, -0.15) is 0 Å². The molecular weight excluding hydrogens is 348 g/mol. The second kappa shape index (κ2) is 7.88. The van der Waals surface area contributed by atoms with E-state index in [9.17, 15) is 0 Å². The third-order valence-electron chi connectivity index (χ3n) is 4.28. The number of nitrogens with one attached hydrogen (secondary N) is 1. The molecule has 3 heterocycles. The Balaban J connectivity index is 0.000000447. The van der Waals surface area contributed by atoms with E-state index in [1.807, 2.05) is 0 Å². The molecule has 1 fully saturated rings. The Labute approximate surface area is 157 Å². The maximum absolute atomic E-state index is 8.89. The molecule has 1 N–H and O–H groups in total. The number of hydrogen-bond donors (Lipinski definition) is 1. The molecule has 26 heavy (non-hydrogen) atoms. The van der Waals surface area contributed by atoms with Crippen LogP contribution in [-0.4, -0.2) is 54.8 Å². The quantitative estimate of drug-likeness (QED) is 0.769. The molecule has 0 bridgehead atoms. The van der Waals surface area contributed by atoms with Crippen molar-refractivity contribution in [3.8, 4) is 0 Å². The van der Waals surface area contributed by atoms with Gasteiger partial charge in [0, 0.05) is 37.0 Å². The van der Waals surface area contributed by atoms with Crippen LogP contribution in [0.25, 0.3) is 0 Å². The standard InChI is InChI=1S/C17H20N4S.C2H4O2/c1-12-11-13-16(21-9-7-20(2)8-10-21)18-14-5-3-4-6-15(14)19-17(13)22-12;1-2(3)4/h3-6,11,19H,7-10H2,1-2H3;1H3,(H,3,4)/p-1. The summed E-state index contributed by atoms with van der Waals surface area (Å²) >= 11 is 1.81. The highest BCUT2D eigenvalue weighted by Gasteiger charge is 2.25. The normalized spacial score (nSPS) is 16.3. The molecule has 0 unspecified atom stereocenters. The van der Waals surface area contributed by atoms with E-state index in [1.165, 1.54) is 15.4 Å². The van der Waals surface area contributed by atoms with Crippen molar-refractivity contribution in [2.45, 2.75) is 13.8 Å². The molecule has 0 spiro atoms. The molecule has 2 aliphatic heterocycles. The number of aryl methyl sites for hydroxylation is 1. The zero-order valence-electron chi connectivity index (χ0n) is 15.3. The molecule has 0 amide bonds. The zero-order chi connectivity index (χ0) is 18.7. The second-order valence-electron chi connectivity index (χ2n) is 6.46. The smallest absolute Gasteiger partial charge is 0.139 e. The molecule has 0 radical (unpaired) electrons. The summed E-state index contributed by atoms with van der Waals surface area (Å²) in [6, 6.07) is 10.6. The minimum atomic E-state index is -1.08. The van der Waals surface area contributed by atoms with Gasteiger partial charge in [-0.1, -0.05) is 12.1 Å². The molecule has 4 rings (SSSR count). The number of carbonyl (C=O) groups excluding carboxylic acids is 1. The minimum absolute atomic E-state index is 0.972. The van der Waals surface area contributed by atoms with Crippen molar-refractivity contribution < 1.29 is 9.90 Å². The van der Waals surface area contributed by atoms with Gasteiger partial charge < -0.3 is 25.0 Å². The van der Waals surface area contributed by atoms with Gasteiger partial charge in [0.15, 0.2) is 0 Å². The van der Waals surface area contributed by atoms with Crippen LogP contribution in [0.2, 0.25) is 0 Å². The third-order valence-corrected chi connectivity index (χ3v) is 5.24. The molecule has 0 saturated carbocycles. The van der Waals surface area contributed by atoms with Crippen molar-refractivity contribution >= 4 is 39.5 Å². The molecule has 6 nitrogen and oxygen atoms in total. The van der Waals surface area contributed by atoms with Gasteiger partial charge in [-0.3, -0.25) is 0 Å². The number of hydrogen-bond acceptors (Lipinski definition) is 7. The number of para-hydroxylation sites is 2. The van der Waals surface area contributed by atoms with Crippen LogP contribution in [0.1, 0.15) is 17.4 Å². The van der Waals surface area contributed by atoms with Gasteiger partial charge in [0.2, 0.25) is 0 Å². The monoisotopic (exact) mass is 371 g/mol. The van der Waals surface area contributed by atoms with E-state index in [4.69, 9.17) is 14.9 Å². The van der Waals surface area contributed by atoms with Gasteiger partial charge in [-0.05, 0) is 39.1 Å². The van der Waals surface area contributed by atoms with Gasteiger partial charge >= 0.3 is 0 Å². The summed E-state index contributed by atoms with van der Waals surface area (Å²) in [5, 5.41) is 13.7. The lowest BCUT2D eigenvalue weighted by Gasteiger charge is -2.34. The average Bonchev–Trinajstić information content (AvgIpc) is 2.87. The first-order chi connectivity index (χ1) is 12.4. The molecule has 0 aliphatic carbocycles. The summed E-state index contributed by atoms with van der Waals surface area (Å²) in [6.45, 7) is 7.38. The van der Waals surface area contributed by atoms with Crippen LogP contribution in [0.3, 0.4) is 0 Å². The molecular formula is C19H23N4O2S-. The van der Waals surface area contributed by atoms with Crippen LogP contribution >= 0.6 is 11.3 Å². The van der Waals surface area contributed by atoms with Crippen LogP contribution in [0.15, 0.2) is 35.3 Å². The van der Waals surface area contributed by atoms with E-state index in [0.29, 0.717) is 0 Å². The average molecular weight is 371 g/mol. The van der Waals surface area contributed by atoms with Gasteiger partial charge in [0.05, 0.1) is 16.9 Å². The first-order valence-corrected chi connectivity index (χ1v) is 9.42. The van der Waals surface area contributed by atoms with Gasteiger partial charge in [0.1, 0.15) is 10.8 Å². The highest BCUT2D eigenvalue weighted by Crippen LogP contribution is 2.39. The fourth-order valence-electron chi connectivity index (χ4n) is 3.01. The first-order valence-electron chi connectivity index (χ1n) is 8.60. The van der Waals surface area contributed by atoms with Gasteiger partial charge in [0.25, 0.3) is 0 Å². The Bertz CT molecular complexity index is 819. The summed E-state index contributed by atoms with van der Waals surface area (Å²) in [5.74, 6) is 0.0323. The first kappa shape index (κ1) is 18.4. The fourth-order valence-corrected chi connectivity index (χ4v) is 3.93. The Kier molecular flexibility index (Phi) is 5.58. The number of thiophene rings is 1. The topological polar surface area (TPSA) is 71.0 Å². The number of benzene rings is 1. The van der Waals surface area contributed by atoms with E-state index >= 15 is 0 Å². The number of nitrogens with zero attached hydrogens (tertiary/aromatic N) is 3. The predicted molar refractivity (Wildman–Crippen MR) is 105 cm³/mol. The number of aliphatic imine (C=N–C) groups is 1. The van der Waals surface area contributed by atoms with Crippen molar-refractivity contribution in [1.82, 2.24) is 9.80 Å². The zero-order valence-corrected chi connectivity index (χ0v) is 16.1. The van der Waals surface area contributed by atoms with Crippen molar-refractivity contribution in [2.75, 3.05) is 38.5 Å². The fraction of sp³-hybridized carbons (Fsp3) is 0.368. The van der Waals surface area contributed by atoms with E-state index in [2.05, 4.69) is 59.4 Å². The maximum Gasteiger partial charge on any atom is 0.139 e. The van der Waals surface area contributed by atoms with Crippen molar-refractivity contribution in [2.24, 2.45) is 4.99 Å². The lowest BCUT2D eigenvalue weighted by atomic mass is 10.2. The number of carboxylic acids is 1. The highest BCUT2D eigenvalue weighted by molar-refractivity contribution is 7.16. The highest BCUT2D eigenvalue weighted by atomic mass is 32.1. The number of rotatable bonds is 0. The SMILES string of the molecule is CC(=O)[O-].Cc1cc2c(s1)Nc1ccccc1N=C2N1CCN(C)CC1. The van der Waals surface area contributed by atoms with Crippen molar-refractivity contribution in [1.29, 1.82) is 0 Å². The van der Waals surface area contributed by atoms with Crippen LogP contribution in [0.5, 0.6) is 0 Å².